The van der Waals surface area contributed by atoms with E-state index in [0.717, 1.165) is 36.3 Å². The molecule has 0 radical (unpaired) electrons. The number of hydrogen-bond donors (Lipinski definition) is 1. The van der Waals surface area contributed by atoms with Crippen LogP contribution in [0.4, 0.5) is 0 Å². The molecule has 1 aliphatic carbocycles. The van der Waals surface area contributed by atoms with Crippen LogP contribution < -0.4 is 10.1 Å². The van der Waals surface area contributed by atoms with E-state index in [1.807, 2.05) is 6.07 Å². The topological polar surface area (TPSA) is 21.3 Å². The van der Waals surface area contributed by atoms with Crippen LogP contribution in [0.15, 0.2) is 22.7 Å². The first-order valence-corrected chi connectivity index (χ1v) is 8.60. The molecule has 0 saturated heterocycles. The zero-order valence-electron chi connectivity index (χ0n) is 12.7. The largest absolute Gasteiger partial charge is 0.493 e. The van der Waals surface area contributed by atoms with Crippen LogP contribution in [-0.4, -0.2) is 13.2 Å². The lowest BCUT2D eigenvalue weighted by Crippen LogP contribution is -2.23. The zero-order valence-corrected chi connectivity index (χ0v) is 14.3. The lowest BCUT2D eigenvalue weighted by Gasteiger charge is -2.16. The highest BCUT2D eigenvalue weighted by Gasteiger charge is 2.40. The quantitative estimate of drug-likeness (QED) is 0.690. The van der Waals surface area contributed by atoms with Crippen molar-refractivity contribution in [3.63, 3.8) is 0 Å². The minimum Gasteiger partial charge on any atom is -0.493 e. The summed E-state index contributed by atoms with van der Waals surface area (Å²) in [6.45, 7) is 7.24. The van der Waals surface area contributed by atoms with Gasteiger partial charge in [0.05, 0.1) is 6.61 Å². The Balaban J connectivity index is 1.89. The van der Waals surface area contributed by atoms with Crippen molar-refractivity contribution in [2.75, 3.05) is 13.2 Å². The monoisotopic (exact) mass is 339 g/mol. The second-order valence-electron chi connectivity index (χ2n) is 5.95. The number of nitrogens with one attached hydrogen (secondary N) is 1. The Labute approximate surface area is 131 Å². The smallest absolute Gasteiger partial charge is 0.123 e. The molecule has 1 aromatic rings. The highest BCUT2D eigenvalue weighted by atomic mass is 79.9. The van der Waals surface area contributed by atoms with Crippen LogP contribution in [0.3, 0.4) is 0 Å². The van der Waals surface area contributed by atoms with E-state index in [4.69, 9.17) is 4.74 Å². The molecule has 1 N–H and O–H groups in total. The van der Waals surface area contributed by atoms with E-state index in [1.54, 1.807) is 0 Å². The molecule has 2 nitrogen and oxygen atoms in total. The van der Waals surface area contributed by atoms with Gasteiger partial charge in [0.2, 0.25) is 0 Å². The van der Waals surface area contributed by atoms with E-state index >= 15 is 0 Å². The third-order valence-electron chi connectivity index (χ3n) is 4.04. The molecule has 0 atom stereocenters. The summed E-state index contributed by atoms with van der Waals surface area (Å²) >= 11 is 3.55. The van der Waals surface area contributed by atoms with Crippen molar-refractivity contribution >= 4 is 15.9 Å². The maximum Gasteiger partial charge on any atom is 0.123 e. The Morgan fingerprint density at radius 2 is 2.05 bits per heavy atom. The molecule has 0 spiro atoms. The summed E-state index contributed by atoms with van der Waals surface area (Å²) in [6.07, 6.45) is 6.49. The van der Waals surface area contributed by atoms with Crippen LogP contribution >= 0.6 is 15.9 Å². The maximum atomic E-state index is 5.83. The van der Waals surface area contributed by atoms with E-state index in [0.29, 0.717) is 5.41 Å². The van der Waals surface area contributed by atoms with Crippen molar-refractivity contribution in [1.29, 1.82) is 0 Å². The minimum absolute atomic E-state index is 0.602. The number of ether oxygens (including phenoxy) is 1. The van der Waals surface area contributed by atoms with Crippen LogP contribution in [0, 0.1) is 5.41 Å². The third-order valence-corrected chi connectivity index (χ3v) is 4.53. The predicted molar refractivity (Wildman–Crippen MR) is 88.2 cm³/mol. The summed E-state index contributed by atoms with van der Waals surface area (Å²) in [6, 6.07) is 6.28. The Morgan fingerprint density at radius 1 is 1.25 bits per heavy atom. The van der Waals surface area contributed by atoms with E-state index in [-0.39, 0.29) is 0 Å². The molecule has 2 rings (SSSR count). The summed E-state index contributed by atoms with van der Waals surface area (Å²) in [5, 5.41) is 3.63. The fourth-order valence-corrected chi connectivity index (χ4v) is 3.13. The van der Waals surface area contributed by atoms with E-state index in [1.165, 1.54) is 31.2 Å². The predicted octanol–water partition coefficient (Wildman–Crippen LogP) is 4.91. The van der Waals surface area contributed by atoms with Gasteiger partial charge in [0.25, 0.3) is 0 Å². The molecule has 0 bridgehead atoms. The molecule has 1 saturated carbocycles. The van der Waals surface area contributed by atoms with Gasteiger partial charge in [0, 0.05) is 23.1 Å². The van der Waals surface area contributed by atoms with Gasteiger partial charge in [-0.3, -0.25) is 0 Å². The minimum atomic E-state index is 0.602. The van der Waals surface area contributed by atoms with Crippen molar-refractivity contribution in [1.82, 2.24) is 5.32 Å². The lowest BCUT2D eigenvalue weighted by molar-refractivity contribution is 0.312. The molecule has 112 valence electrons. The SMILES string of the molecule is CCCOc1ccc(Br)cc1CNCC1(CCC)CC1. The molecular formula is C17H26BrNO. The van der Waals surface area contributed by atoms with Crippen LogP contribution in [0.25, 0.3) is 0 Å². The van der Waals surface area contributed by atoms with Crippen molar-refractivity contribution in [3.05, 3.63) is 28.2 Å². The Bertz CT molecular complexity index is 429. The number of hydrogen-bond acceptors (Lipinski definition) is 2. The van der Waals surface area contributed by atoms with Crippen molar-refractivity contribution < 1.29 is 4.74 Å². The third kappa shape index (κ3) is 4.49. The second-order valence-corrected chi connectivity index (χ2v) is 6.87. The number of rotatable bonds is 9. The average Bonchev–Trinajstić information content (AvgIpc) is 3.18. The first kappa shape index (κ1) is 15.8. The van der Waals surface area contributed by atoms with Crippen molar-refractivity contribution in [3.8, 4) is 5.75 Å². The Hall–Kier alpha value is -0.540. The Morgan fingerprint density at radius 3 is 2.70 bits per heavy atom. The molecule has 1 fully saturated rings. The highest BCUT2D eigenvalue weighted by molar-refractivity contribution is 9.10. The van der Waals surface area contributed by atoms with Gasteiger partial charge in [-0.05, 0) is 49.3 Å². The molecule has 20 heavy (non-hydrogen) atoms. The van der Waals surface area contributed by atoms with Gasteiger partial charge in [-0.1, -0.05) is 36.2 Å². The summed E-state index contributed by atoms with van der Waals surface area (Å²) in [7, 11) is 0. The molecule has 1 aliphatic rings. The van der Waals surface area contributed by atoms with E-state index < -0.39 is 0 Å². The first-order chi connectivity index (χ1) is 9.69. The number of benzene rings is 1. The summed E-state index contributed by atoms with van der Waals surface area (Å²) in [5.74, 6) is 1.02. The standard InChI is InChI=1S/C17H26BrNO/c1-3-7-17(8-9-17)13-19-12-14-11-15(18)5-6-16(14)20-10-4-2/h5-6,11,19H,3-4,7-10,12-13H2,1-2H3. The summed E-state index contributed by atoms with van der Waals surface area (Å²) < 4.78 is 6.94. The molecule has 0 aliphatic heterocycles. The molecule has 0 heterocycles. The normalized spacial score (nSPS) is 16.1. The molecule has 0 aromatic heterocycles. The van der Waals surface area contributed by atoms with Crippen LogP contribution in [0.2, 0.25) is 0 Å². The van der Waals surface area contributed by atoms with Crippen molar-refractivity contribution in [2.24, 2.45) is 5.41 Å². The first-order valence-electron chi connectivity index (χ1n) is 7.81. The maximum absolute atomic E-state index is 5.83. The molecule has 0 unspecified atom stereocenters. The van der Waals surface area contributed by atoms with Gasteiger partial charge in [-0.25, -0.2) is 0 Å². The average molecular weight is 340 g/mol. The lowest BCUT2D eigenvalue weighted by atomic mass is 10.0. The fraction of sp³-hybridized carbons (Fsp3) is 0.647. The fourth-order valence-electron chi connectivity index (χ4n) is 2.72. The summed E-state index contributed by atoms with van der Waals surface area (Å²) in [5.41, 5.74) is 1.85. The van der Waals surface area contributed by atoms with Gasteiger partial charge in [-0.2, -0.15) is 0 Å². The molecule has 3 heteroatoms. The Kier molecular flexibility index (Phi) is 5.91. The van der Waals surface area contributed by atoms with Gasteiger partial charge < -0.3 is 10.1 Å². The highest BCUT2D eigenvalue weighted by Crippen LogP contribution is 2.49. The van der Waals surface area contributed by atoms with E-state index in [9.17, 15) is 0 Å². The van der Waals surface area contributed by atoms with Gasteiger partial charge in [-0.15, -0.1) is 0 Å². The van der Waals surface area contributed by atoms with Crippen LogP contribution in [0.5, 0.6) is 5.75 Å². The number of halogens is 1. The zero-order chi connectivity index (χ0) is 14.4. The van der Waals surface area contributed by atoms with Crippen molar-refractivity contribution in [2.45, 2.75) is 52.5 Å². The van der Waals surface area contributed by atoms with Gasteiger partial charge >= 0.3 is 0 Å². The van der Waals surface area contributed by atoms with Gasteiger partial charge in [0.1, 0.15) is 5.75 Å². The van der Waals surface area contributed by atoms with Crippen LogP contribution in [-0.2, 0) is 6.54 Å². The second kappa shape index (κ2) is 7.46. The van der Waals surface area contributed by atoms with Gasteiger partial charge in [0.15, 0.2) is 0 Å². The summed E-state index contributed by atoms with van der Waals surface area (Å²) in [4.78, 5) is 0. The van der Waals surface area contributed by atoms with Crippen LogP contribution in [0.1, 0.15) is 51.5 Å². The molecular weight excluding hydrogens is 314 g/mol. The van der Waals surface area contributed by atoms with E-state index in [2.05, 4.69) is 47.2 Å². The molecule has 1 aromatic carbocycles. The molecule has 0 amide bonds.